The van der Waals surface area contributed by atoms with Crippen molar-refractivity contribution in [3.8, 4) is 0 Å². The van der Waals surface area contributed by atoms with Crippen LogP contribution in [0.25, 0.3) is 0 Å². The van der Waals surface area contributed by atoms with Crippen molar-refractivity contribution >= 4 is 13.8 Å². The summed E-state index contributed by atoms with van der Waals surface area (Å²) in [7, 11) is -0.320. The molecule has 5 heteroatoms. The minimum Gasteiger partial charge on any atom is -0.431 e. The van der Waals surface area contributed by atoms with E-state index in [1.165, 1.54) is 0 Å². The van der Waals surface area contributed by atoms with E-state index in [9.17, 15) is 0 Å². The summed E-state index contributed by atoms with van der Waals surface area (Å²) in [4.78, 5) is 0. The zero-order valence-corrected chi connectivity index (χ0v) is 13.4. The lowest BCUT2D eigenvalue weighted by atomic mass is 9.33. The average Bonchev–Trinajstić information content (AvgIpc) is 2.60. The van der Waals surface area contributed by atoms with Crippen LogP contribution in [0.15, 0.2) is 12.7 Å². The van der Waals surface area contributed by atoms with Crippen molar-refractivity contribution in [2.24, 2.45) is 5.41 Å². The molecular formula is C14H26B2O3. The second kappa shape index (κ2) is 4.12. The fraction of sp³-hybridized carbons (Fsp3) is 0.857. The van der Waals surface area contributed by atoms with Gasteiger partial charge in [0, 0.05) is 5.60 Å². The highest BCUT2D eigenvalue weighted by Gasteiger charge is 2.62. The molecule has 0 radical (unpaired) electrons. The lowest BCUT2D eigenvalue weighted by Gasteiger charge is -2.34. The van der Waals surface area contributed by atoms with Crippen LogP contribution < -0.4 is 0 Å². The third-order valence-electron chi connectivity index (χ3n) is 5.45. The molecule has 2 aliphatic rings. The van der Waals surface area contributed by atoms with Crippen molar-refractivity contribution in [1.29, 1.82) is 0 Å². The van der Waals surface area contributed by atoms with Crippen molar-refractivity contribution in [3.05, 3.63) is 12.7 Å². The molecule has 1 atom stereocenters. The second-order valence-electron chi connectivity index (χ2n) is 7.68. The normalized spacial score (nSPS) is 35.7. The Morgan fingerprint density at radius 1 is 0.895 bits per heavy atom. The molecule has 0 saturated carbocycles. The summed E-state index contributed by atoms with van der Waals surface area (Å²) in [5.41, 5.74) is -0.916. The molecule has 0 amide bonds. The molecule has 2 rings (SSSR count). The summed E-state index contributed by atoms with van der Waals surface area (Å²) in [5.74, 6) is 0. The number of hydrogen-bond acceptors (Lipinski definition) is 3. The highest BCUT2D eigenvalue weighted by molar-refractivity contribution is 7.14. The van der Waals surface area contributed by atoms with Crippen LogP contribution in [0.2, 0.25) is 6.32 Å². The Morgan fingerprint density at radius 2 is 1.47 bits per heavy atom. The van der Waals surface area contributed by atoms with Crippen LogP contribution in [0.3, 0.4) is 0 Å². The molecule has 0 bridgehead atoms. The Hall–Kier alpha value is -0.250. The van der Waals surface area contributed by atoms with Gasteiger partial charge in [-0.05, 0) is 46.4 Å². The van der Waals surface area contributed by atoms with E-state index in [-0.39, 0.29) is 30.4 Å². The largest absolute Gasteiger partial charge is 0.446 e. The van der Waals surface area contributed by atoms with Crippen molar-refractivity contribution < 1.29 is 14.0 Å². The fourth-order valence-corrected chi connectivity index (χ4v) is 2.74. The van der Waals surface area contributed by atoms with Gasteiger partial charge < -0.3 is 14.0 Å². The molecule has 2 saturated heterocycles. The van der Waals surface area contributed by atoms with E-state index in [0.29, 0.717) is 0 Å². The molecule has 0 aliphatic carbocycles. The van der Waals surface area contributed by atoms with Crippen LogP contribution in [0, 0.1) is 5.41 Å². The highest BCUT2D eigenvalue weighted by Crippen LogP contribution is 2.48. The maximum atomic E-state index is 6.19. The zero-order chi connectivity index (χ0) is 14.7. The summed E-state index contributed by atoms with van der Waals surface area (Å²) in [6.45, 7) is 18.7. The third-order valence-corrected chi connectivity index (χ3v) is 5.45. The summed E-state index contributed by atoms with van der Waals surface area (Å²) >= 11 is 0. The predicted octanol–water partition coefficient (Wildman–Crippen LogP) is 3.15. The van der Waals surface area contributed by atoms with Crippen LogP contribution in [0.4, 0.5) is 0 Å². The molecule has 2 aliphatic heterocycles. The molecule has 1 unspecified atom stereocenters. The van der Waals surface area contributed by atoms with E-state index in [1.807, 2.05) is 26.8 Å². The smallest absolute Gasteiger partial charge is 0.431 e. The van der Waals surface area contributed by atoms with Gasteiger partial charge in [-0.2, -0.15) is 0 Å². The van der Waals surface area contributed by atoms with Crippen LogP contribution in [0.5, 0.6) is 0 Å². The number of rotatable bonds is 2. The molecular weight excluding hydrogens is 238 g/mol. The van der Waals surface area contributed by atoms with Crippen LogP contribution in [-0.2, 0) is 14.0 Å². The SMILES string of the molecule is C=CC1(C)OB(B2CC(C)(C)C(C)(C)O2)OC1(C)C. The summed E-state index contributed by atoms with van der Waals surface area (Å²) in [5, 5.41) is 0. The molecule has 0 N–H and O–H groups in total. The van der Waals surface area contributed by atoms with Gasteiger partial charge in [-0.1, -0.05) is 19.9 Å². The Balaban J connectivity index is 2.18. The molecule has 0 aromatic heterocycles. The summed E-state index contributed by atoms with van der Waals surface area (Å²) in [6, 6.07) is 0. The van der Waals surface area contributed by atoms with Gasteiger partial charge in [-0.3, -0.25) is 0 Å². The van der Waals surface area contributed by atoms with E-state index in [2.05, 4.69) is 34.3 Å². The molecule has 0 aromatic carbocycles. The molecule has 2 fully saturated rings. The quantitative estimate of drug-likeness (QED) is 0.566. The Kier molecular flexibility index (Phi) is 3.29. The molecule has 0 aromatic rings. The Labute approximate surface area is 118 Å². The fourth-order valence-electron chi connectivity index (χ4n) is 2.74. The van der Waals surface area contributed by atoms with Gasteiger partial charge in [0.2, 0.25) is 0 Å². The maximum absolute atomic E-state index is 6.19. The van der Waals surface area contributed by atoms with Crippen molar-refractivity contribution in [1.82, 2.24) is 0 Å². The standard InChI is InChI=1S/C14H26B2O3/c1-9-14(8)13(6,7)18-16(19-14)15-10-11(2,3)12(4,5)17-15/h9H,1,10H2,2-8H3. The van der Waals surface area contributed by atoms with Gasteiger partial charge in [0.1, 0.15) is 0 Å². The van der Waals surface area contributed by atoms with Crippen molar-refractivity contribution in [2.75, 3.05) is 0 Å². The minimum atomic E-state index is -0.474. The summed E-state index contributed by atoms with van der Waals surface area (Å²) in [6.07, 6.45) is 2.77. The van der Waals surface area contributed by atoms with Crippen molar-refractivity contribution in [3.63, 3.8) is 0 Å². The van der Waals surface area contributed by atoms with Crippen molar-refractivity contribution in [2.45, 2.75) is 71.6 Å². The van der Waals surface area contributed by atoms with E-state index >= 15 is 0 Å². The van der Waals surface area contributed by atoms with Gasteiger partial charge >= 0.3 is 13.8 Å². The molecule has 19 heavy (non-hydrogen) atoms. The van der Waals surface area contributed by atoms with Crippen LogP contribution >= 0.6 is 0 Å². The van der Waals surface area contributed by atoms with E-state index in [1.54, 1.807) is 0 Å². The first-order chi connectivity index (χ1) is 8.44. The molecule has 106 valence electrons. The van der Waals surface area contributed by atoms with Gasteiger partial charge in [-0.15, -0.1) is 6.58 Å². The third kappa shape index (κ3) is 2.20. The molecule has 3 nitrogen and oxygen atoms in total. The first kappa shape index (κ1) is 15.1. The Bertz CT molecular complexity index is 376. The second-order valence-corrected chi connectivity index (χ2v) is 7.68. The number of hydrogen-bond donors (Lipinski definition) is 0. The topological polar surface area (TPSA) is 27.7 Å². The molecule has 0 spiro atoms. The van der Waals surface area contributed by atoms with Gasteiger partial charge in [0.05, 0.1) is 11.2 Å². The lowest BCUT2D eigenvalue weighted by Crippen LogP contribution is -2.42. The van der Waals surface area contributed by atoms with E-state index in [0.717, 1.165) is 6.32 Å². The van der Waals surface area contributed by atoms with Crippen LogP contribution in [-0.4, -0.2) is 30.6 Å². The minimum absolute atomic E-state index is 0.0222. The Morgan fingerprint density at radius 3 is 1.84 bits per heavy atom. The lowest BCUT2D eigenvalue weighted by molar-refractivity contribution is 0.0287. The first-order valence-corrected chi connectivity index (χ1v) is 7.11. The highest BCUT2D eigenvalue weighted by atomic mass is 16.7. The van der Waals surface area contributed by atoms with E-state index < -0.39 is 5.60 Å². The predicted molar refractivity (Wildman–Crippen MR) is 80.1 cm³/mol. The first-order valence-electron chi connectivity index (χ1n) is 7.11. The van der Waals surface area contributed by atoms with Gasteiger partial charge in [0.25, 0.3) is 0 Å². The van der Waals surface area contributed by atoms with E-state index in [4.69, 9.17) is 14.0 Å². The molecule has 2 heterocycles. The van der Waals surface area contributed by atoms with Gasteiger partial charge in [-0.25, -0.2) is 0 Å². The average molecular weight is 264 g/mol. The van der Waals surface area contributed by atoms with Gasteiger partial charge in [0.15, 0.2) is 0 Å². The monoisotopic (exact) mass is 264 g/mol. The summed E-state index contributed by atoms with van der Waals surface area (Å²) < 4.78 is 18.4. The van der Waals surface area contributed by atoms with Crippen LogP contribution in [0.1, 0.15) is 48.5 Å². The zero-order valence-electron chi connectivity index (χ0n) is 13.4. The maximum Gasteiger partial charge on any atom is 0.446 e.